The van der Waals surface area contributed by atoms with Gasteiger partial charge in [-0.1, -0.05) is 60.7 Å². The van der Waals surface area contributed by atoms with Gasteiger partial charge in [-0.15, -0.1) is 0 Å². The molecule has 2 aromatic heterocycles. The van der Waals surface area contributed by atoms with Crippen molar-refractivity contribution in [1.29, 1.82) is 0 Å². The van der Waals surface area contributed by atoms with Gasteiger partial charge < -0.3 is 18.6 Å². The summed E-state index contributed by atoms with van der Waals surface area (Å²) in [5.41, 5.74) is 11.7. The van der Waals surface area contributed by atoms with E-state index in [-0.39, 0.29) is 0 Å². The first-order valence-corrected chi connectivity index (χ1v) is 16.3. The van der Waals surface area contributed by atoms with Gasteiger partial charge in [0.25, 0.3) is 0 Å². The van der Waals surface area contributed by atoms with Crippen molar-refractivity contribution in [1.82, 2.24) is 9.97 Å². The average Bonchev–Trinajstić information content (AvgIpc) is 3.78. The van der Waals surface area contributed by atoms with Crippen molar-refractivity contribution in [3.8, 4) is 34.0 Å². The summed E-state index contributed by atoms with van der Waals surface area (Å²) in [6.07, 6.45) is 0. The number of anilines is 4. The number of benzene rings is 6. The summed E-state index contributed by atoms with van der Waals surface area (Å²) in [5.74, 6) is 1.22. The smallest absolute Gasteiger partial charge is 0.227 e. The first-order chi connectivity index (χ1) is 23.7. The molecule has 6 nitrogen and oxygen atoms in total. The maximum absolute atomic E-state index is 6.25. The molecular weight excluding hydrogens is 592 g/mol. The lowest BCUT2D eigenvalue weighted by Gasteiger charge is -2.23. The van der Waals surface area contributed by atoms with Crippen molar-refractivity contribution in [3.05, 3.63) is 146 Å². The number of aromatic nitrogens is 2. The quantitative estimate of drug-likeness (QED) is 0.159. The van der Waals surface area contributed by atoms with E-state index in [0.29, 0.717) is 11.8 Å². The first-order valence-electron chi connectivity index (χ1n) is 16.3. The molecular formula is C42H34N4O2. The number of hydrogen-bond acceptors (Lipinski definition) is 6. The molecule has 0 aliphatic carbocycles. The number of rotatable bonds is 9. The summed E-state index contributed by atoms with van der Waals surface area (Å²) in [6.45, 7) is 6.00. The number of nitrogens with zero attached hydrogens (tertiary/aromatic N) is 4. The predicted molar refractivity (Wildman–Crippen MR) is 196 cm³/mol. The summed E-state index contributed by atoms with van der Waals surface area (Å²) in [5, 5.41) is 0. The molecule has 6 heteroatoms. The van der Waals surface area contributed by atoms with Gasteiger partial charge in [-0.05, 0) is 97.8 Å². The standard InChI is InChI=1S/C42H34N4O2/c1-3-45(33-11-7-5-8-12-33)35-23-25-37-39(27-35)47-41(43-37)31-19-15-29(16-20-31)30-17-21-32(22-18-30)42-44-38-26-24-36(28-40(38)48-42)46(4-2)34-13-9-6-10-14-34/h5-28H,3-4H2,1-2H3. The molecule has 8 aromatic rings. The molecule has 0 spiro atoms. The minimum Gasteiger partial charge on any atom is -0.436 e. The fourth-order valence-electron chi connectivity index (χ4n) is 6.26. The highest BCUT2D eigenvalue weighted by molar-refractivity contribution is 5.83. The highest BCUT2D eigenvalue weighted by Crippen LogP contribution is 2.34. The number of fused-ring (bicyclic) bond motifs is 2. The molecule has 0 N–H and O–H groups in total. The van der Waals surface area contributed by atoms with Crippen molar-refractivity contribution < 1.29 is 8.83 Å². The average molecular weight is 627 g/mol. The third-order valence-electron chi connectivity index (χ3n) is 8.73. The second-order valence-electron chi connectivity index (χ2n) is 11.7. The Morgan fingerprint density at radius 3 is 1.17 bits per heavy atom. The van der Waals surface area contributed by atoms with Crippen LogP contribution in [-0.4, -0.2) is 23.1 Å². The molecule has 0 radical (unpaired) electrons. The van der Waals surface area contributed by atoms with Crippen LogP contribution < -0.4 is 9.80 Å². The molecule has 0 amide bonds. The van der Waals surface area contributed by atoms with Gasteiger partial charge in [-0.3, -0.25) is 0 Å². The van der Waals surface area contributed by atoms with E-state index in [1.165, 1.54) is 0 Å². The zero-order chi connectivity index (χ0) is 32.5. The van der Waals surface area contributed by atoms with Crippen LogP contribution in [0.2, 0.25) is 0 Å². The summed E-state index contributed by atoms with van der Waals surface area (Å²) in [6, 6.07) is 49.8. The molecule has 0 bridgehead atoms. The Morgan fingerprint density at radius 2 is 0.792 bits per heavy atom. The van der Waals surface area contributed by atoms with E-state index in [1.54, 1.807) is 0 Å². The summed E-state index contributed by atoms with van der Waals surface area (Å²) >= 11 is 0. The minimum atomic E-state index is 0.608. The lowest BCUT2D eigenvalue weighted by Crippen LogP contribution is -2.15. The highest BCUT2D eigenvalue weighted by Gasteiger charge is 2.15. The lowest BCUT2D eigenvalue weighted by atomic mass is 10.0. The Balaban J connectivity index is 1.00. The molecule has 2 heterocycles. The van der Waals surface area contributed by atoms with Gasteiger partial charge in [-0.2, -0.15) is 0 Å². The van der Waals surface area contributed by atoms with E-state index in [0.717, 1.165) is 80.3 Å². The van der Waals surface area contributed by atoms with Crippen LogP contribution in [0.3, 0.4) is 0 Å². The maximum Gasteiger partial charge on any atom is 0.227 e. The van der Waals surface area contributed by atoms with E-state index < -0.39 is 0 Å². The van der Waals surface area contributed by atoms with E-state index in [2.05, 4.69) is 145 Å². The van der Waals surface area contributed by atoms with E-state index in [4.69, 9.17) is 18.8 Å². The highest BCUT2D eigenvalue weighted by atomic mass is 16.4. The molecule has 0 fully saturated rings. The summed E-state index contributed by atoms with van der Waals surface area (Å²) < 4.78 is 12.5. The van der Waals surface area contributed by atoms with Crippen LogP contribution >= 0.6 is 0 Å². The Morgan fingerprint density at radius 1 is 0.417 bits per heavy atom. The lowest BCUT2D eigenvalue weighted by molar-refractivity contribution is 0.619. The first kappa shape index (κ1) is 29.3. The number of oxazole rings is 2. The minimum absolute atomic E-state index is 0.608. The van der Waals surface area contributed by atoms with Gasteiger partial charge in [0.2, 0.25) is 11.8 Å². The third kappa shape index (κ3) is 5.58. The van der Waals surface area contributed by atoms with Gasteiger partial charge in [0.1, 0.15) is 11.0 Å². The molecule has 0 aliphatic heterocycles. The van der Waals surface area contributed by atoms with Gasteiger partial charge in [0.05, 0.1) is 0 Å². The maximum atomic E-state index is 6.25. The number of para-hydroxylation sites is 2. The van der Waals surface area contributed by atoms with Crippen molar-refractivity contribution >= 4 is 44.9 Å². The second-order valence-corrected chi connectivity index (χ2v) is 11.7. The molecule has 48 heavy (non-hydrogen) atoms. The fourth-order valence-corrected chi connectivity index (χ4v) is 6.26. The molecule has 0 saturated carbocycles. The van der Waals surface area contributed by atoms with E-state index in [9.17, 15) is 0 Å². The van der Waals surface area contributed by atoms with Crippen LogP contribution in [-0.2, 0) is 0 Å². The van der Waals surface area contributed by atoms with Gasteiger partial charge in [0.15, 0.2) is 11.2 Å². The van der Waals surface area contributed by atoms with Crippen molar-refractivity contribution in [2.24, 2.45) is 0 Å². The Labute approximate surface area is 279 Å². The zero-order valence-electron chi connectivity index (χ0n) is 26.9. The van der Waals surface area contributed by atoms with E-state index >= 15 is 0 Å². The molecule has 6 aromatic carbocycles. The van der Waals surface area contributed by atoms with Crippen LogP contribution in [0.4, 0.5) is 22.7 Å². The second kappa shape index (κ2) is 12.6. The third-order valence-corrected chi connectivity index (χ3v) is 8.73. The van der Waals surface area contributed by atoms with Crippen LogP contribution in [0.15, 0.2) is 154 Å². The van der Waals surface area contributed by atoms with Gasteiger partial charge >= 0.3 is 0 Å². The fraction of sp³-hybridized carbons (Fsp3) is 0.0952. The molecule has 0 atom stereocenters. The van der Waals surface area contributed by atoms with Crippen LogP contribution in [0, 0.1) is 0 Å². The largest absolute Gasteiger partial charge is 0.436 e. The van der Waals surface area contributed by atoms with Crippen molar-refractivity contribution in [3.63, 3.8) is 0 Å². The normalized spacial score (nSPS) is 11.3. The van der Waals surface area contributed by atoms with Crippen LogP contribution in [0.25, 0.3) is 56.2 Å². The number of hydrogen-bond donors (Lipinski definition) is 0. The molecule has 0 saturated heterocycles. The Kier molecular flexibility index (Phi) is 7.67. The summed E-state index contributed by atoms with van der Waals surface area (Å²) in [4.78, 5) is 14.1. The predicted octanol–water partition coefficient (Wildman–Crippen LogP) is 11.3. The van der Waals surface area contributed by atoms with Gasteiger partial charge in [-0.25, -0.2) is 9.97 Å². The SMILES string of the molecule is CCN(c1ccccc1)c1ccc2nc(-c3ccc(-c4ccc(-c5nc6ccc(N(CC)c7ccccc7)cc6o5)cc4)cc3)oc2c1. The zero-order valence-corrected chi connectivity index (χ0v) is 26.9. The van der Waals surface area contributed by atoms with Crippen molar-refractivity contribution in [2.75, 3.05) is 22.9 Å². The topological polar surface area (TPSA) is 58.5 Å². The Bertz CT molecular complexity index is 2140. The summed E-state index contributed by atoms with van der Waals surface area (Å²) in [7, 11) is 0. The van der Waals surface area contributed by atoms with Crippen LogP contribution in [0.1, 0.15) is 13.8 Å². The van der Waals surface area contributed by atoms with Crippen LogP contribution in [0.5, 0.6) is 0 Å². The van der Waals surface area contributed by atoms with E-state index in [1.807, 2.05) is 24.3 Å². The van der Waals surface area contributed by atoms with Gasteiger partial charge in [0, 0.05) is 59.1 Å². The molecule has 234 valence electrons. The van der Waals surface area contributed by atoms with Crippen molar-refractivity contribution in [2.45, 2.75) is 13.8 Å². The monoisotopic (exact) mass is 626 g/mol. The molecule has 0 aliphatic rings. The molecule has 8 rings (SSSR count). The molecule has 0 unspecified atom stereocenters. The Hall–Kier alpha value is -6.14.